The van der Waals surface area contributed by atoms with Gasteiger partial charge in [-0.25, -0.2) is 24.1 Å². The first-order chi connectivity index (χ1) is 15.1. The molecule has 0 atom stereocenters. The summed E-state index contributed by atoms with van der Waals surface area (Å²) in [4.78, 5) is 36.5. The molecule has 10 nitrogen and oxygen atoms in total. The lowest BCUT2D eigenvalue weighted by Crippen LogP contribution is -2.15. The van der Waals surface area contributed by atoms with Gasteiger partial charge in [0.15, 0.2) is 17.3 Å². The lowest BCUT2D eigenvalue weighted by Gasteiger charge is -2.11. The van der Waals surface area contributed by atoms with Gasteiger partial charge in [-0.15, -0.1) is 0 Å². The van der Waals surface area contributed by atoms with Gasteiger partial charge in [-0.2, -0.15) is 0 Å². The molecule has 0 aliphatic carbocycles. The molecule has 2 heterocycles. The van der Waals surface area contributed by atoms with Crippen LogP contribution in [0.15, 0.2) is 53.3 Å². The van der Waals surface area contributed by atoms with Crippen LogP contribution in [-0.2, 0) is 4.74 Å². The number of nitrogens with one attached hydrogen (secondary N) is 2. The van der Waals surface area contributed by atoms with Gasteiger partial charge in [0, 0.05) is 5.56 Å². The van der Waals surface area contributed by atoms with Crippen LogP contribution in [0.3, 0.4) is 0 Å². The van der Waals surface area contributed by atoms with Crippen LogP contribution in [0.25, 0.3) is 28.2 Å². The fourth-order valence-electron chi connectivity index (χ4n) is 3.25. The number of hydrogen-bond donors (Lipinski definition) is 3. The molecule has 0 saturated heterocycles. The van der Waals surface area contributed by atoms with Crippen molar-refractivity contribution < 1.29 is 14.3 Å². The van der Waals surface area contributed by atoms with Crippen LogP contribution in [-0.4, -0.2) is 46.4 Å². The van der Waals surface area contributed by atoms with Crippen molar-refractivity contribution in [2.45, 2.75) is 0 Å². The Labute approximate surface area is 176 Å². The van der Waals surface area contributed by atoms with E-state index in [0.29, 0.717) is 45.4 Å². The van der Waals surface area contributed by atoms with Crippen molar-refractivity contribution in [3.8, 4) is 22.8 Å². The Morgan fingerprint density at radius 1 is 1.13 bits per heavy atom. The van der Waals surface area contributed by atoms with Crippen LogP contribution in [0.1, 0.15) is 10.4 Å². The lowest BCUT2D eigenvalue weighted by molar-refractivity contribution is 0.0600. The Morgan fingerprint density at radius 2 is 1.87 bits per heavy atom. The molecule has 0 saturated carbocycles. The number of benzene rings is 2. The number of methoxy groups -OCH3 is 2. The number of esters is 1. The zero-order chi connectivity index (χ0) is 22.0. The van der Waals surface area contributed by atoms with Gasteiger partial charge in [-0.05, 0) is 24.3 Å². The Bertz CT molecular complexity index is 1310. The zero-order valence-electron chi connectivity index (χ0n) is 16.9. The van der Waals surface area contributed by atoms with Gasteiger partial charge in [-0.3, -0.25) is 0 Å². The molecule has 4 N–H and O–H groups in total. The topological polar surface area (TPSA) is 137 Å². The van der Waals surface area contributed by atoms with Crippen molar-refractivity contribution in [3.63, 3.8) is 0 Å². The molecule has 0 aliphatic rings. The average molecular weight is 420 g/mol. The summed E-state index contributed by atoms with van der Waals surface area (Å²) in [6, 6.07) is 13.8. The van der Waals surface area contributed by atoms with E-state index < -0.39 is 11.7 Å². The number of carbonyl (C=O) groups is 1. The minimum atomic E-state index is -0.441. The molecule has 0 unspecified atom stereocenters. The molecule has 0 spiro atoms. The number of nitrogens with two attached hydrogens (primary N) is 1. The number of fused-ring (bicyclic) bond motifs is 1. The maximum absolute atomic E-state index is 12.8. The third-order valence-electron chi connectivity index (χ3n) is 4.70. The molecular weight excluding hydrogens is 400 g/mol. The highest BCUT2D eigenvalue weighted by Crippen LogP contribution is 2.28. The number of hydrogen-bond acceptors (Lipinski definition) is 8. The predicted molar refractivity (Wildman–Crippen MR) is 115 cm³/mol. The molecule has 158 valence electrons. The van der Waals surface area contributed by atoms with E-state index in [4.69, 9.17) is 15.2 Å². The van der Waals surface area contributed by atoms with E-state index in [1.165, 1.54) is 18.8 Å². The number of ether oxygens (including phenoxy) is 2. The number of carbonyl (C=O) groups excluding carboxylic acids is 1. The van der Waals surface area contributed by atoms with Crippen LogP contribution >= 0.6 is 0 Å². The van der Waals surface area contributed by atoms with Gasteiger partial charge >= 0.3 is 11.7 Å². The van der Waals surface area contributed by atoms with Crippen molar-refractivity contribution in [2.75, 3.05) is 26.2 Å². The third-order valence-corrected chi connectivity index (χ3v) is 4.70. The van der Waals surface area contributed by atoms with Crippen LogP contribution in [0, 0.1) is 0 Å². The molecule has 0 radical (unpaired) electrons. The van der Waals surface area contributed by atoms with Crippen LogP contribution < -0.4 is 21.5 Å². The van der Waals surface area contributed by atoms with Crippen molar-refractivity contribution in [2.24, 2.45) is 5.73 Å². The maximum Gasteiger partial charge on any atom is 0.337 e. The van der Waals surface area contributed by atoms with Crippen molar-refractivity contribution in [1.82, 2.24) is 19.5 Å². The molecule has 2 aromatic heterocycles. The summed E-state index contributed by atoms with van der Waals surface area (Å²) >= 11 is 0. The van der Waals surface area contributed by atoms with Gasteiger partial charge in [0.05, 0.1) is 32.1 Å². The average Bonchev–Trinajstić information content (AvgIpc) is 3.14. The number of aromatic nitrogens is 4. The molecule has 31 heavy (non-hydrogen) atoms. The van der Waals surface area contributed by atoms with Gasteiger partial charge in [0.1, 0.15) is 11.3 Å². The van der Waals surface area contributed by atoms with Crippen LogP contribution in [0.2, 0.25) is 0 Å². The maximum atomic E-state index is 12.8. The van der Waals surface area contributed by atoms with Crippen molar-refractivity contribution in [3.05, 3.63) is 64.6 Å². The molecule has 0 aliphatic heterocycles. The molecule has 10 heteroatoms. The van der Waals surface area contributed by atoms with E-state index in [0.717, 1.165) is 0 Å². The van der Waals surface area contributed by atoms with E-state index in [-0.39, 0.29) is 6.67 Å². The molecule has 0 amide bonds. The number of rotatable bonds is 6. The standard InChI is InChI=1S/C21H20N6O4/c1-30-15-6-4-3-5-14(15)27-19-16(24-21(27)29)18(23-11-22)25-17(26-19)12-7-9-13(10-8-12)20(28)31-2/h3-10H,11,22H2,1-2H3,(H,24,29)(H,23,25,26). The molecule has 4 aromatic rings. The summed E-state index contributed by atoms with van der Waals surface area (Å²) < 4.78 is 11.6. The molecular formula is C21H20N6O4. The second kappa shape index (κ2) is 8.28. The van der Waals surface area contributed by atoms with Crippen molar-refractivity contribution in [1.29, 1.82) is 0 Å². The monoisotopic (exact) mass is 420 g/mol. The number of imidazole rings is 1. The minimum absolute atomic E-state index is 0.106. The largest absolute Gasteiger partial charge is 0.495 e. The fourth-order valence-corrected chi connectivity index (χ4v) is 3.25. The second-order valence-corrected chi connectivity index (χ2v) is 6.48. The van der Waals surface area contributed by atoms with Crippen molar-refractivity contribution >= 4 is 23.0 Å². The highest BCUT2D eigenvalue weighted by atomic mass is 16.5. The number of aromatic amines is 1. The first-order valence-electron chi connectivity index (χ1n) is 9.36. The Kier molecular flexibility index (Phi) is 5.37. The Balaban J connectivity index is 1.94. The first kappa shape index (κ1) is 20.1. The molecule has 0 bridgehead atoms. The van der Waals surface area contributed by atoms with Gasteiger partial charge in [0.25, 0.3) is 0 Å². The number of anilines is 1. The highest BCUT2D eigenvalue weighted by molar-refractivity contribution is 5.90. The van der Waals surface area contributed by atoms with E-state index in [1.807, 2.05) is 6.07 Å². The highest BCUT2D eigenvalue weighted by Gasteiger charge is 2.19. The van der Waals surface area contributed by atoms with Crippen LogP contribution in [0.4, 0.5) is 5.82 Å². The minimum Gasteiger partial charge on any atom is -0.495 e. The molecule has 0 fully saturated rings. The molecule has 2 aromatic carbocycles. The summed E-state index contributed by atoms with van der Waals surface area (Å²) in [6.07, 6.45) is 0. The smallest absolute Gasteiger partial charge is 0.337 e. The number of H-pyrrole nitrogens is 1. The normalized spacial score (nSPS) is 10.8. The van der Waals surface area contributed by atoms with E-state index in [1.54, 1.807) is 42.5 Å². The lowest BCUT2D eigenvalue weighted by atomic mass is 10.1. The summed E-state index contributed by atoms with van der Waals surface area (Å²) in [5.74, 6) is 0.804. The van der Waals surface area contributed by atoms with Gasteiger partial charge < -0.3 is 25.5 Å². The fraction of sp³-hybridized carbons (Fsp3) is 0.143. The Morgan fingerprint density at radius 3 is 2.55 bits per heavy atom. The van der Waals surface area contributed by atoms with E-state index >= 15 is 0 Å². The van der Waals surface area contributed by atoms with E-state index in [2.05, 4.69) is 20.3 Å². The summed E-state index contributed by atoms with van der Waals surface area (Å²) in [5.41, 5.74) is 7.62. The summed E-state index contributed by atoms with van der Waals surface area (Å²) in [5, 5.41) is 2.96. The summed E-state index contributed by atoms with van der Waals surface area (Å²) in [7, 11) is 2.85. The third kappa shape index (κ3) is 3.60. The number of nitrogens with zero attached hydrogens (tertiary/aromatic N) is 3. The van der Waals surface area contributed by atoms with Gasteiger partial charge in [-0.1, -0.05) is 24.3 Å². The predicted octanol–water partition coefficient (Wildman–Crippen LogP) is 1.90. The molecule has 4 rings (SSSR count). The SMILES string of the molecule is COC(=O)c1ccc(-c2nc(NCN)c3[nH]c(=O)n(-c4ccccc4OC)c3n2)cc1. The second-order valence-electron chi connectivity index (χ2n) is 6.48. The summed E-state index contributed by atoms with van der Waals surface area (Å²) in [6.45, 7) is 0.106. The quantitative estimate of drug-likeness (QED) is 0.318. The number of para-hydroxylation sites is 2. The van der Waals surface area contributed by atoms with Crippen LogP contribution in [0.5, 0.6) is 5.75 Å². The van der Waals surface area contributed by atoms with Gasteiger partial charge in [0.2, 0.25) is 0 Å². The first-order valence-corrected chi connectivity index (χ1v) is 9.36. The van der Waals surface area contributed by atoms with E-state index in [9.17, 15) is 9.59 Å². The Hall–Kier alpha value is -4.18. The zero-order valence-corrected chi connectivity index (χ0v) is 16.9.